The predicted octanol–water partition coefficient (Wildman–Crippen LogP) is 4.12. The van der Waals surface area contributed by atoms with Crippen LogP contribution in [0, 0.1) is 24.4 Å². The number of fused-ring (bicyclic) bond motifs is 1. The average molecular weight is 639 g/mol. The fourth-order valence-electron chi connectivity index (χ4n) is 5.87. The third-order valence-electron chi connectivity index (χ3n) is 8.46. The van der Waals surface area contributed by atoms with Gasteiger partial charge in [0.25, 0.3) is 0 Å². The Hall–Kier alpha value is -4.59. The van der Waals surface area contributed by atoms with Gasteiger partial charge in [0.1, 0.15) is 23.1 Å². The molecule has 0 spiro atoms. The Morgan fingerprint density at radius 1 is 1.07 bits per heavy atom. The van der Waals surface area contributed by atoms with E-state index in [9.17, 15) is 26.8 Å². The summed E-state index contributed by atoms with van der Waals surface area (Å²) in [7, 11) is -4.01. The summed E-state index contributed by atoms with van der Waals surface area (Å²) in [6, 6.07) is 5.14. The van der Waals surface area contributed by atoms with Crippen LogP contribution in [0.1, 0.15) is 31.7 Å². The molecule has 1 aromatic carbocycles. The third-order valence-corrected chi connectivity index (χ3v) is 10.7. The summed E-state index contributed by atoms with van der Waals surface area (Å²) in [6.07, 6.45) is 4.11. The zero-order valence-electron chi connectivity index (χ0n) is 24.5. The largest absolute Gasteiger partial charge is 0.355 e. The van der Waals surface area contributed by atoms with E-state index < -0.39 is 55.5 Å². The molecule has 0 bridgehead atoms. The van der Waals surface area contributed by atoms with Crippen molar-refractivity contribution in [2.24, 2.45) is 0 Å². The molecule has 45 heavy (non-hydrogen) atoms. The van der Waals surface area contributed by atoms with Gasteiger partial charge in [0.15, 0.2) is 16.5 Å². The number of benzene rings is 1. The first-order valence-electron chi connectivity index (χ1n) is 14.4. The first-order valence-corrected chi connectivity index (χ1v) is 15.9. The second-order valence-corrected chi connectivity index (χ2v) is 13.4. The molecule has 1 aliphatic carbocycles. The van der Waals surface area contributed by atoms with E-state index in [-0.39, 0.29) is 53.1 Å². The zero-order valence-corrected chi connectivity index (χ0v) is 25.3. The predicted molar refractivity (Wildman–Crippen MR) is 161 cm³/mol. The Balaban J connectivity index is 1.66. The molecule has 2 fully saturated rings. The molecule has 1 saturated carbocycles. The summed E-state index contributed by atoms with van der Waals surface area (Å²) in [5, 5.41) is -1.05. The standard InChI is InChI=1S/C31H29F3N6O4S/c1-4-24(41)38-13-14-39(18(3)16-38)28-20-15-23(34)26(25-21(32)9-6-10-22(25)33)36-29(20)40(31(42)37-28)27-17(2)11-12-35-30(27)45(43,44)19-7-5-8-19/h4,6,9-12,15,18-19H,1,5,7-8,13-14,16H2,2-3H3/t18-/m0/s1. The number of carbonyl (C=O) groups is 1. The maximum Gasteiger partial charge on any atom is 0.355 e. The van der Waals surface area contributed by atoms with Gasteiger partial charge in [0.2, 0.25) is 15.7 Å². The smallest absolute Gasteiger partial charge is 0.350 e. The molecule has 1 atom stereocenters. The van der Waals surface area contributed by atoms with Crippen LogP contribution in [0.2, 0.25) is 0 Å². The number of hydrogen-bond acceptors (Lipinski definition) is 8. The van der Waals surface area contributed by atoms with E-state index in [0.717, 1.165) is 35.3 Å². The summed E-state index contributed by atoms with van der Waals surface area (Å²) in [4.78, 5) is 42.4. The van der Waals surface area contributed by atoms with Gasteiger partial charge in [-0.1, -0.05) is 19.1 Å². The van der Waals surface area contributed by atoms with E-state index in [4.69, 9.17) is 0 Å². The lowest BCUT2D eigenvalue weighted by Gasteiger charge is -2.40. The second kappa shape index (κ2) is 11.4. The highest BCUT2D eigenvalue weighted by molar-refractivity contribution is 7.92. The topological polar surface area (TPSA) is 118 Å². The summed E-state index contributed by atoms with van der Waals surface area (Å²) >= 11 is 0. The zero-order chi connectivity index (χ0) is 32.2. The third kappa shape index (κ3) is 5.06. The molecule has 4 aromatic rings. The van der Waals surface area contributed by atoms with Crippen molar-refractivity contribution in [1.29, 1.82) is 0 Å². The second-order valence-electron chi connectivity index (χ2n) is 11.3. The Bertz CT molecular complexity index is 2030. The van der Waals surface area contributed by atoms with E-state index in [2.05, 4.69) is 21.5 Å². The van der Waals surface area contributed by atoms with E-state index >= 15 is 4.39 Å². The molecule has 1 saturated heterocycles. The molecule has 3 aromatic heterocycles. The number of pyridine rings is 2. The van der Waals surface area contributed by atoms with Crippen LogP contribution in [0.5, 0.6) is 0 Å². The molecule has 6 rings (SSSR count). The number of nitrogens with zero attached hydrogens (tertiary/aromatic N) is 6. The summed E-state index contributed by atoms with van der Waals surface area (Å²) in [5.74, 6) is -3.48. The van der Waals surface area contributed by atoms with E-state index in [1.54, 1.807) is 23.6 Å². The molecule has 14 heteroatoms. The first kappa shape index (κ1) is 30.4. The highest BCUT2D eigenvalue weighted by atomic mass is 32.2. The van der Waals surface area contributed by atoms with Gasteiger partial charge < -0.3 is 9.80 Å². The minimum absolute atomic E-state index is 0.00168. The molecule has 0 N–H and O–H groups in total. The Morgan fingerprint density at radius 2 is 1.78 bits per heavy atom. The molecule has 0 unspecified atom stereocenters. The lowest BCUT2D eigenvalue weighted by molar-refractivity contribution is -0.126. The number of aromatic nitrogens is 4. The van der Waals surface area contributed by atoms with Crippen LogP contribution in [-0.2, 0) is 14.6 Å². The summed E-state index contributed by atoms with van der Waals surface area (Å²) < 4.78 is 74.0. The Kier molecular flexibility index (Phi) is 7.71. The van der Waals surface area contributed by atoms with Crippen molar-refractivity contribution in [2.45, 2.75) is 49.4 Å². The van der Waals surface area contributed by atoms with Crippen molar-refractivity contribution in [2.75, 3.05) is 24.5 Å². The normalized spacial score (nSPS) is 17.4. The number of anilines is 1. The number of hydrogen-bond donors (Lipinski definition) is 0. The highest BCUT2D eigenvalue weighted by Crippen LogP contribution is 2.37. The fraction of sp³-hybridized carbons (Fsp3) is 0.323. The molecule has 234 valence electrons. The van der Waals surface area contributed by atoms with Crippen LogP contribution in [0.25, 0.3) is 28.0 Å². The number of halogens is 3. The van der Waals surface area contributed by atoms with Crippen LogP contribution >= 0.6 is 0 Å². The monoisotopic (exact) mass is 638 g/mol. The maximum absolute atomic E-state index is 15.9. The van der Waals surface area contributed by atoms with Crippen molar-refractivity contribution < 1.29 is 26.4 Å². The molecule has 0 radical (unpaired) electrons. The van der Waals surface area contributed by atoms with E-state index in [0.29, 0.717) is 18.4 Å². The van der Waals surface area contributed by atoms with Gasteiger partial charge in [-0.25, -0.2) is 40.9 Å². The maximum atomic E-state index is 15.9. The summed E-state index contributed by atoms with van der Waals surface area (Å²) in [6.45, 7) is 7.61. The van der Waals surface area contributed by atoms with Gasteiger partial charge in [-0.05, 0) is 62.6 Å². The van der Waals surface area contributed by atoms with Gasteiger partial charge >= 0.3 is 5.69 Å². The van der Waals surface area contributed by atoms with Gasteiger partial charge in [0.05, 0.1) is 21.9 Å². The minimum Gasteiger partial charge on any atom is -0.350 e. The molecular weight excluding hydrogens is 609 g/mol. The number of amides is 1. The SMILES string of the molecule is C=CC(=O)N1CCN(c2nc(=O)n(-c3c(C)ccnc3S(=O)(=O)C3CCC3)c3nc(-c4c(F)cccc4F)c(F)cc23)[C@@H](C)C1. The molecule has 4 heterocycles. The number of piperazine rings is 1. The van der Waals surface area contributed by atoms with Gasteiger partial charge in [0, 0.05) is 31.9 Å². The molecule has 10 nitrogen and oxygen atoms in total. The quantitative estimate of drug-likeness (QED) is 0.290. The number of carbonyl (C=O) groups excluding carboxylic acids is 1. The minimum atomic E-state index is -4.01. The number of rotatable bonds is 6. The average Bonchev–Trinajstić information content (AvgIpc) is 2.96. The van der Waals surface area contributed by atoms with Crippen LogP contribution in [0.15, 0.2) is 59.0 Å². The molecule has 1 aliphatic heterocycles. The lowest BCUT2D eigenvalue weighted by atomic mass is 10.00. The van der Waals surface area contributed by atoms with Crippen LogP contribution in [-0.4, -0.2) is 69.7 Å². The lowest BCUT2D eigenvalue weighted by Crippen LogP contribution is -2.54. The van der Waals surface area contributed by atoms with Crippen molar-refractivity contribution in [3.05, 3.63) is 82.7 Å². The van der Waals surface area contributed by atoms with Crippen LogP contribution < -0.4 is 10.6 Å². The fourth-order valence-corrected chi connectivity index (χ4v) is 7.87. The van der Waals surface area contributed by atoms with Crippen molar-refractivity contribution in [3.8, 4) is 16.9 Å². The van der Waals surface area contributed by atoms with E-state index in [1.165, 1.54) is 18.3 Å². The van der Waals surface area contributed by atoms with Gasteiger partial charge in [-0.15, -0.1) is 0 Å². The molecular formula is C31H29F3N6O4S. The molecule has 2 aliphatic rings. The van der Waals surface area contributed by atoms with Crippen molar-refractivity contribution in [3.63, 3.8) is 0 Å². The van der Waals surface area contributed by atoms with Gasteiger partial charge in [-0.2, -0.15) is 4.98 Å². The van der Waals surface area contributed by atoms with Crippen LogP contribution in [0.3, 0.4) is 0 Å². The number of aryl methyl sites for hydroxylation is 1. The Morgan fingerprint density at radius 3 is 2.40 bits per heavy atom. The number of sulfone groups is 1. The molecule has 1 amide bonds. The van der Waals surface area contributed by atoms with Gasteiger partial charge in [-0.3, -0.25) is 4.79 Å². The van der Waals surface area contributed by atoms with Crippen molar-refractivity contribution >= 4 is 32.6 Å². The van der Waals surface area contributed by atoms with Crippen molar-refractivity contribution in [1.82, 2.24) is 24.4 Å². The summed E-state index contributed by atoms with van der Waals surface area (Å²) in [5.41, 5.74) is -2.44. The van der Waals surface area contributed by atoms with Crippen LogP contribution in [0.4, 0.5) is 19.0 Å². The highest BCUT2D eigenvalue weighted by Gasteiger charge is 2.37. The first-order chi connectivity index (χ1) is 21.4. The van der Waals surface area contributed by atoms with E-state index in [1.807, 2.05) is 0 Å². The Labute approximate surface area is 256 Å².